The van der Waals surface area contributed by atoms with Crippen molar-refractivity contribution >= 4 is 28.1 Å². The summed E-state index contributed by atoms with van der Waals surface area (Å²) in [6.07, 6.45) is 6.29. The van der Waals surface area contributed by atoms with E-state index in [0.29, 0.717) is 6.54 Å². The minimum atomic E-state index is 0.209. The Morgan fingerprint density at radius 3 is 2.72 bits per heavy atom. The van der Waals surface area contributed by atoms with Crippen molar-refractivity contribution in [2.24, 2.45) is 5.92 Å². The SMILES string of the molecule is Cc1cc(Nc2ncc(C)s2)cc([C@H]2CCCN2CC(=O)N2CCC(C)CC2)n1. The molecule has 156 valence electrons. The summed E-state index contributed by atoms with van der Waals surface area (Å²) in [5.41, 5.74) is 3.06. The molecule has 4 heterocycles. The van der Waals surface area contributed by atoms with Gasteiger partial charge in [0, 0.05) is 35.5 Å². The monoisotopic (exact) mass is 413 g/mol. The zero-order valence-electron chi connectivity index (χ0n) is 17.6. The zero-order valence-corrected chi connectivity index (χ0v) is 18.5. The molecule has 0 radical (unpaired) electrons. The van der Waals surface area contributed by atoms with E-state index in [4.69, 9.17) is 4.98 Å². The van der Waals surface area contributed by atoms with E-state index in [1.807, 2.05) is 13.1 Å². The van der Waals surface area contributed by atoms with E-state index in [1.165, 1.54) is 4.88 Å². The molecule has 2 aromatic rings. The van der Waals surface area contributed by atoms with Crippen LogP contribution in [0.3, 0.4) is 0 Å². The fourth-order valence-corrected chi connectivity index (χ4v) is 5.04. The molecule has 0 saturated carbocycles. The van der Waals surface area contributed by atoms with Gasteiger partial charge in [0.1, 0.15) is 0 Å². The predicted molar refractivity (Wildman–Crippen MR) is 118 cm³/mol. The first kappa shape index (κ1) is 20.3. The van der Waals surface area contributed by atoms with Gasteiger partial charge < -0.3 is 10.2 Å². The van der Waals surface area contributed by atoms with Crippen molar-refractivity contribution in [3.05, 3.63) is 34.6 Å². The molecule has 0 spiro atoms. The lowest BCUT2D eigenvalue weighted by molar-refractivity contribution is -0.134. The second-order valence-corrected chi connectivity index (χ2v) is 9.75. The third-order valence-corrected chi connectivity index (χ3v) is 6.85. The highest BCUT2D eigenvalue weighted by Gasteiger charge is 2.31. The Labute approximate surface area is 177 Å². The molecule has 7 heteroatoms. The van der Waals surface area contributed by atoms with Crippen LogP contribution in [-0.4, -0.2) is 51.9 Å². The molecule has 2 aromatic heterocycles. The van der Waals surface area contributed by atoms with E-state index in [-0.39, 0.29) is 11.9 Å². The molecule has 2 aliphatic rings. The van der Waals surface area contributed by atoms with Gasteiger partial charge >= 0.3 is 0 Å². The van der Waals surface area contributed by atoms with E-state index >= 15 is 0 Å². The van der Waals surface area contributed by atoms with E-state index in [2.05, 4.69) is 46.1 Å². The fourth-order valence-electron chi connectivity index (χ4n) is 4.36. The number of likely N-dealkylation sites (tertiary alicyclic amines) is 2. The molecule has 6 nitrogen and oxygen atoms in total. The van der Waals surface area contributed by atoms with Crippen molar-refractivity contribution in [2.45, 2.75) is 52.5 Å². The highest BCUT2D eigenvalue weighted by molar-refractivity contribution is 7.15. The van der Waals surface area contributed by atoms with Gasteiger partial charge in [0.25, 0.3) is 0 Å². The van der Waals surface area contributed by atoms with Crippen molar-refractivity contribution in [2.75, 3.05) is 31.5 Å². The van der Waals surface area contributed by atoms with Gasteiger partial charge in [0.15, 0.2) is 5.13 Å². The molecule has 1 atom stereocenters. The summed E-state index contributed by atoms with van der Waals surface area (Å²) in [6, 6.07) is 4.39. The van der Waals surface area contributed by atoms with E-state index in [1.54, 1.807) is 11.3 Å². The Bertz CT molecular complexity index is 859. The Hall–Kier alpha value is -1.99. The van der Waals surface area contributed by atoms with E-state index in [0.717, 1.165) is 73.4 Å². The average molecular weight is 414 g/mol. The predicted octanol–water partition coefficient (Wildman–Crippen LogP) is 4.29. The van der Waals surface area contributed by atoms with Crippen molar-refractivity contribution in [1.82, 2.24) is 19.8 Å². The molecule has 0 aromatic carbocycles. The molecule has 0 unspecified atom stereocenters. The van der Waals surface area contributed by atoms with Crippen LogP contribution in [0.2, 0.25) is 0 Å². The summed E-state index contributed by atoms with van der Waals surface area (Å²) in [5.74, 6) is 1.01. The van der Waals surface area contributed by atoms with Gasteiger partial charge in [-0.15, -0.1) is 11.3 Å². The standard InChI is InChI=1S/C22H31N5OS/c1-15-6-9-26(10-7-15)21(28)14-27-8-4-5-20(27)19-12-18(11-16(2)24-19)25-22-23-13-17(3)29-22/h11-13,15,20H,4-10,14H2,1-3H3,(H,23,24,25)/t20-/m1/s1. The number of carbonyl (C=O) groups excluding carboxylic acids is 1. The second-order valence-electron chi connectivity index (χ2n) is 8.51. The molecule has 2 saturated heterocycles. The van der Waals surface area contributed by atoms with Crippen LogP contribution < -0.4 is 5.32 Å². The zero-order chi connectivity index (χ0) is 20.4. The number of thiazole rings is 1. The van der Waals surface area contributed by atoms with Crippen LogP contribution in [-0.2, 0) is 4.79 Å². The van der Waals surface area contributed by atoms with Crippen molar-refractivity contribution < 1.29 is 4.79 Å². The molecule has 2 aliphatic heterocycles. The molecule has 4 rings (SSSR count). The number of hydrogen-bond donors (Lipinski definition) is 1. The lowest BCUT2D eigenvalue weighted by atomic mass is 9.99. The maximum atomic E-state index is 12.9. The first-order chi connectivity index (χ1) is 14.0. The summed E-state index contributed by atoms with van der Waals surface area (Å²) >= 11 is 1.65. The van der Waals surface area contributed by atoms with Gasteiger partial charge in [-0.25, -0.2) is 4.98 Å². The Balaban J connectivity index is 1.45. The number of piperidine rings is 1. The van der Waals surface area contributed by atoms with Crippen LogP contribution in [0.1, 0.15) is 54.9 Å². The number of rotatable bonds is 5. The normalized spacial score (nSPS) is 20.9. The molecule has 0 aliphatic carbocycles. The van der Waals surface area contributed by atoms with Crippen LogP contribution in [0.25, 0.3) is 0 Å². The van der Waals surface area contributed by atoms with E-state index in [9.17, 15) is 4.79 Å². The number of nitrogens with zero attached hydrogens (tertiary/aromatic N) is 4. The summed E-state index contributed by atoms with van der Waals surface area (Å²) < 4.78 is 0. The Kier molecular flexibility index (Phi) is 6.15. The second kappa shape index (κ2) is 8.79. The minimum Gasteiger partial charge on any atom is -0.342 e. The minimum absolute atomic E-state index is 0.209. The van der Waals surface area contributed by atoms with Gasteiger partial charge in [0.05, 0.1) is 18.3 Å². The molecule has 29 heavy (non-hydrogen) atoms. The van der Waals surface area contributed by atoms with Gasteiger partial charge in [-0.2, -0.15) is 0 Å². The maximum absolute atomic E-state index is 12.9. The Morgan fingerprint density at radius 1 is 1.21 bits per heavy atom. The number of nitrogens with one attached hydrogen (secondary N) is 1. The van der Waals surface area contributed by atoms with E-state index < -0.39 is 0 Å². The first-order valence-corrected chi connectivity index (χ1v) is 11.5. The average Bonchev–Trinajstić information content (AvgIpc) is 3.30. The molecular formula is C22H31N5OS. The number of hydrogen-bond acceptors (Lipinski definition) is 6. The molecule has 1 N–H and O–H groups in total. The summed E-state index contributed by atoms with van der Waals surface area (Å²) in [6.45, 7) is 9.64. The summed E-state index contributed by atoms with van der Waals surface area (Å²) in [7, 11) is 0. The topological polar surface area (TPSA) is 61.4 Å². The number of pyridine rings is 1. The highest BCUT2D eigenvalue weighted by atomic mass is 32.1. The third kappa shape index (κ3) is 4.95. The lowest BCUT2D eigenvalue weighted by Crippen LogP contribution is -2.43. The fraction of sp³-hybridized carbons (Fsp3) is 0.591. The largest absolute Gasteiger partial charge is 0.342 e. The van der Waals surface area contributed by atoms with Gasteiger partial charge in [-0.05, 0) is 64.1 Å². The van der Waals surface area contributed by atoms with Gasteiger partial charge in [-0.1, -0.05) is 6.92 Å². The van der Waals surface area contributed by atoms with Crippen molar-refractivity contribution in [3.63, 3.8) is 0 Å². The van der Waals surface area contributed by atoms with Crippen LogP contribution in [0.4, 0.5) is 10.8 Å². The molecule has 0 bridgehead atoms. The van der Waals surface area contributed by atoms with Crippen LogP contribution in [0.15, 0.2) is 18.3 Å². The molecular weight excluding hydrogens is 382 g/mol. The molecule has 2 fully saturated rings. The lowest BCUT2D eigenvalue weighted by Gasteiger charge is -2.33. The van der Waals surface area contributed by atoms with Crippen LogP contribution in [0, 0.1) is 19.8 Å². The number of aromatic nitrogens is 2. The quantitative estimate of drug-likeness (QED) is 0.792. The number of carbonyl (C=O) groups is 1. The first-order valence-electron chi connectivity index (χ1n) is 10.7. The van der Waals surface area contributed by atoms with Crippen molar-refractivity contribution in [3.8, 4) is 0 Å². The van der Waals surface area contributed by atoms with Crippen LogP contribution in [0.5, 0.6) is 0 Å². The number of aryl methyl sites for hydroxylation is 2. The third-order valence-electron chi connectivity index (χ3n) is 6.03. The van der Waals surface area contributed by atoms with Gasteiger partial charge in [0.2, 0.25) is 5.91 Å². The molecule has 1 amide bonds. The summed E-state index contributed by atoms with van der Waals surface area (Å²) in [5, 5.41) is 4.31. The maximum Gasteiger partial charge on any atom is 0.236 e. The van der Waals surface area contributed by atoms with Gasteiger partial charge in [-0.3, -0.25) is 14.7 Å². The Morgan fingerprint density at radius 2 is 2.00 bits per heavy atom. The summed E-state index contributed by atoms with van der Waals surface area (Å²) in [4.78, 5) is 27.6. The smallest absolute Gasteiger partial charge is 0.236 e. The number of amides is 1. The van der Waals surface area contributed by atoms with Crippen molar-refractivity contribution in [1.29, 1.82) is 0 Å². The van der Waals surface area contributed by atoms with Crippen LogP contribution >= 0.6 is 11.3 Å². The number of anilines is 2. The highest BCUT2D eigenvalue weighted by Crippen LogP contribution is 2.33.